The summed E-state index contributed by atoms with van der Waals surface area (Å²) in [6, 6.07) is 16.0. The fourth-order valence-corrected chi connectivity index (χ4v) is 3.80. The van der Waals surface area contributed by atoms with Crippen molar-refractivity contribution in [3.63, 3.8) is 0 Å². The molecular formula is C24H27N3O6. The van der Waals surface area contributed by atoms with Gasteiger partial charge in [0.25, 0.3) is 0 Å². The van der Waals surface area contributed by atoms with Crippen molar-refractivity contribution in [1.82, 2.24) is 14.7 Å². The monoisotopic (exact) mass is 453 g/mol. The molecule has 9 nitrogen and oxygen atoms in total. The molecule has 1 aliphatic rings. The number of hydrogen-bond donors (Lipinski definition) is 1. The third kappa shape index (κ3) is 5.49. The van der Waals surface area contributed by atoms with Gasteiger partial charge in [0.15, 0.2) is 0 Å². The number of rotatable bonds is 8. The number of aliphatic carboxylic acids is 1. The summed E-state index contributed by atoms with van der Waals surface area (Å²) in [7, 11) is 4.21. The Morgan fingerprint density at radius 2 is 1.21 bits per heavy atom. The van der Waals surface area contributed by atoms with Gasteiger partial charge in [-0.05, 0) is 22.3 Å². The second-order valence-corrected chi connectivity index (χ2v) is 8.05. The van der Waals surface area contributed by atoms with Crippen LogP contribution in [0.25, 0.3) is 11.1 Å². The molecule has 3 amide bonds. The molecule has 1 aliphatic carbocycles. The van der Waals surface area contributed by atoms with E-state index in [-0.39, 0.29) is 25.6 Å². The van der Waals surface area contributed by atoms with Crippen molar-refractivity contribution in [3.05, 3.63) is 59.7 Å². The molecule has 0 saturated heterocycles. The van der Waals surface area contributed by atoms with Gasteiger partial charge in [0.1, 0.15) is 19.7 Å². The van der Waals surface area contributed by atoms with Crippen LogP contribution in [0.15, 0.2) is 48.5 Å². The summed E-state index contributed by atoms with van der Waals surface area (Å²) >= 11 is 0. The summed E-state index contributed by atoms with van der Waals surface area (Å²) in [4.78, 5) is 51.0. The number of nitrogens with zero attached hydrogens (tertiary/aromatic N) is 3. The molecule has 33 heavy (non-hydrogen) atoms. The van der Waals surface area contributed by atoms with Gasteiger partial charge in [-0.2, -0.15) is 0 Å². The normalized spacial score (nSPS) is 11.8. The highest BCUT2D eigenvalue weighted by Gasteiger charge is 2.29. The lowest BCUT2D eigenvalue weighted by molar-refractivity contribution is -0.145. The Labute approximate surface area is 192 Å². The molecule has 3 rings (SSSR count). The minimum absolute atomic E-state index is 0.0875. The molecule has 0 aliphatic heterocycles. The van der Waals surface area contributed by atoms with Crippen molar-refractivity contribution in [2.24, 2.45) is 0 Å². The maximum Gasteiger partial charge on any atom is 0.409 e. The van der Waals surface area contributed by atoms with Crippen LogP contribution in [0.4, 0.5) is 4.79 Å². The summed E-state index contributed by atoms with van der Waals surface area (Å²) in [5.74, 6) is -2.22. The van der Waals surface area contributed by atoms with Crippen LogP contribution in [0.1, 0.15) is 17.0 Å². The topological polar surface area (TPSA) is 107 Å². The van der Waals surface area contributed by atoms with E-state index in [0.29, 0.717) is 0 Å². The Morgan fingerprint density at radius 1 is 0.758 bits per heavy atom. The zero-order valence-electron chi connectivity index (χ0n) is 18.9. The van der Waals surface area contributed by atoms with Crippen molar-refractivity contribution < 1.29 is 29.0 Å². The predicted octanol–water partition coefficient (Wildman–Crippen LogP) is 1.87. The first-order chi connectivity index (χ1) is 15.7. The quantitative estimate of drug-likeness (QED) is 0.654. The Hall–Kier alpha value is -3.88. The zero-order chi connectivity index (χ0) is 24.1. The van der Waals surface area contributed by atoms with Gasteiger partial charge >= 0.3 is 12.1 Å². The van der Waals surface area contributed by atoms with E-state index in [0.717, 1.165) is 37.0 Å². The second kappa shape index (κ2) is 10.2. The maximum absolute atomic E-state index is 12.5. The van der Waals surface area contributed by atoms with Crippen molar-refractivity contribution in [2.45, 2.75) is 5.92 Å². The van der Waals surface area contributed by atoms with E-state index in [9.17, 15) is 19.2 Å². The fourth-order valence-electron chi connectivity index (χ4n) is 3.80. The summed E-state index contributed by atoms with van der Waals surface area (Å²) < 4.78 is 5.52. The summed E-state index contributed by atoms with van der Waals surface area (Å²) in [6.45, 7) is -0.884. The van der Waals surface area contributed by atoms with Gasteiger partial charge in [0.2, 0.25) is 11.8 Å². The van der Waals surface area contributed by atoms with Gasteiger partial charge in [-0.1, -0.05) is 48.5 Å². The minimum atomic E-state index is -1.14. The molecule has 2 aromatic rings. The fraction of sp³-hybridized carbons (Fsp3) is 0.333. The number of carbonyl (C=O) groups is 4. The number of carboxylic acid groups (broad SMARTS) is 1. The van der Waals surface area contributed by atoms with Crippen LogP contribution in [0, 0.1) is 0 Å². The van der Waals surface area contributed by atoms with E-state index in [2.05, 4.69) is 0 Å². The molecule has 0 atom stereocenters. The smallest absolute Gasteiger partial charge is 0.409 e. The molecule has 174 valence electrons. The third-order valence-electron chi connectivity index (χ3n) is 5.62. The van der Waals surface area contributed by atoms with Crippen molar-refractivity contribution in [1.29, 1.82) is 0 Å². The van der Waals surface area contributed by atoms with Gasteiger partial charge in [-0.3, -0.25) is 14.4 Å². The number of carboxylic acids is 1. The number of ether oxygens (including phenoxy) is 1. The molecule has 0 radical (unpaired) electrons. The van der Waals surface area contributed by atoms with Crippen molar-refractivity contribution >= 4 is 23.9 Å². The van der Waals surface area contributed by atoms with Crippen LogP contribution in [0.2, 0.25) is 0 Å². The number of hydrogen-bond acceptors (Lipinski definition) is 5. The lowest BCUT2D eigenvalue weighted by atomic mass is 9.98. The number of likely N-dealkylation sites (N-methyl/N-ethyl adjacent to an activating group) is 3. The average molecular weight is 453 g/mol. The van der Waals surface area contributed by atoms with Crippen LogP contribution >= 0.6 is 0 Å². The van der Waals surface area contributed by atoms with Crippen LogP contribution in [-0.4, -0.2) is 91.1 Å². The van der Waals surface area contributed by atoms with Crippen LogP contribution < -0.4 is 0 Å². The molecule has 2 aromatic carbocycles. The molecule has 0 saturated carbocycles. The van der Waals surface area contributed by atoms with Crippen molar-refractivity contribution in [3.8, 4) is 11.1 Å². The highest BCUT2D eigenvalue weighted by atomic mass is 16.6. The van der Waals surface area contributed by atoms with Crippen LogP contribution in [0.3, 0.4) is 0 Å². The lowest BCUT2D eigenvalue weighted by Crippen LogP contribution is -2.45. The van der Waals surface area contributed by atoms with Crippen LogP contribution in [0.5, 0.6) is 0 Å². The maximum atomic E-state index is 12.5. The Kier molecular flexibility index (Phi) is 7.32. The van der Waals surface area contributed by atoms with Gasteiger partial charge < -0.3 is 24.5 Å². The van der Waals surface area contributed by atoms with Gasteiger partial charge in [0.05, 0.1) is 6.54 Å². The first kappa shape index (κ1) is 23.8. The first-order valence-corrected chi connectivity index (χ1v) is 10.4. The van der Waals surface area contributed by atoms with Crippen LogP contribution in [-0.2, 0) is 19.1 Å². The molecular weight excluding hydrogens is 426 g/mol. The number of amides is 3. The van der Waals surface area contributed by atoms with Gasteiger partial charge in [-0.15, -0.1) is 0 Å². The zero-order valence-corrected chi connectivity index (χ0v) is 18.9. The molecule has 9 heteroatoms. The number of benzene rings is 2. The Bertz CT molecular complexity index is 1020. The predicted molar refractivity (Wildman–Crippen MR) is 121 cm³/mol. The summed E-state index contributed by atoms with van der Waals surface area (Å²) in [5.41, 5.74) is 4.43. The standard InChI is InChI=1S/C24H27N3O6/c1-25(12-21(28)26(2)14-23(30)31)22(29)13-27(3)24(32)33-15-20-18-10-6-4-8-16(18)17-9-5-7-11-19(17)20/h4-11,20H,12-15H2,1-3H3,(H,30,31). The van der Waals surface area contributed by atoms with E-state index in [4.69, 9.17) is 9.84 Å². The average Bonchev–Trinajstić information content (AvgIpc) is 3.10. The van der Waals surface area contributed by atoms with E-state index in [1.165, 1.54) is 21.1 Å². The SMILES string of the molecule is CN(CC(=O)O)C(=O)CN(C)C(=O)CN(C)C(=O)OCC1c2ccccc2-c2ccccc21. The molecule has 1 N–H and O–H groups in total. The van der Waals surface area contributed by atoms with Gasteiger partial charge in [0, 0.05) is 27.1 Å². The number of fused-ring (bicyclic) bond motifs is 3. The molecule has 0 fully saturated rings. The second-order valence-electron chi connectivity index (χ2n) is 8.05. The summed E-state index contributed by atoms with van der Waals surface area (Å²) in [6.07, 6.45) is -0.645. The minimum Gasteiger partial charge on any atom is -0.480 e. The molecule has 0 unspecified atom stereocenters. The highest BCUT2D eigenvalue weighted by Crippen LogP contribution is 2.44. The lowest BCUT2D eigenvalue weighted by Gasteiger charge is -2.24. The largest absolute Gasteiger partial charge is 0.480 e. The highest BCUT2D eigenvalue weighted by molar-refractivity contribution is 5.88. The summed E-state index contributed by atoms with van der Waals surface area (Å²) in [5, 5.41) is 8.76. The Balaban J connectivity index is 1.54. The van der Waals surface area contributed by atoms with Crippen molar-refractivity contribution in [2.75, 3.05) is 47.4 Å². The number of carbonyl (C=O) groups excluding carboxylic acids is 3. The van der Waals surface area contributed by atoms with E-state index >= 15 is 0 Å². The van der Waals surface area contributed by atoms with E-state index < -0.39 is 30.4 Å². The molecule has 0 spiro atoms. The van der Waals surface area contributed by atoms with E-state index in [1.807, 2.05) is 48.5 Å². The molecule has 0 bridgehead atoms. The molecule has 0 heterocycles. The van der Waals surface area contributed by atoms with E-state index in [1.54, 1.807) is 0 Å². The first-order valence-electron chi connectivity index (χ1n) is 10.4. The van der Waals surface area contributed by atoms with Gasteiger partial charge in [-0.25, -0.2) is 4.79 Å². The Morgan fingerprint density at radius 3 is 1.73 bits per heavy atom. The third-order valence-corrected chi connectivity index (χ3v) is 5.62. The molecule has 0 aromatic heterocycles.